The maximum Gasteiger partial charge on any atom is 0.303 e. The highest BCUT2D eigenvalue weighted by atomic mass is 16.6. The van der Waals surface area contributed by atoms with Gasteiger partial charge in [-0.05, 0) is 6.07 Å². The first-order valence-electron chi connectivity index (χ1n) is 6.07. The first kappa shape index (κ1) is 14.2. The Bertz CT molecular complexity index is 880. The fourth-order valence-electron chi connectivity index (χ4n) is 2.17. The van der Waals surface area contributed by atoms with E-state index in [4.69, 9.17) is 4.74 Å². The van der Waals surface area contributed by atoms with E-state index in [1.165, 1.54) is 18.2 Å². The molecule has 0 spiro atoms. The van der Waals surface area contributed by atoms with Crippen LogP contribution in [-0.2, 0) is 0 Å². The van der Waals surface area contributed by atoms with Crippen molar-refractivity contribution in [3.05, 3.63) is 60.7 Å². The molecule has 11 nitrogen and oxygen atoms in total. The number of fused-ring (bicyclic) bond motifs is 2. The third-order valence-electron chi connectivity index (χ3n) is 3.14. The minimum Gasteiger partial charge on any atom is -0.452 e. The first-order valence-corrected chi connectivity index (χ1v) is 6.07. The smallest absolute Gasteiger partial charge is 0.303 e. The number of rotatable bonds is 3. The van der Waals surface area contributed by atoms with E-state index >= 15 is 0 Å². The lowest BCUT2D eigenvalue weighted by atomic mass is 10.1. The fourth-order valence-corrected chi connectivity index (χ4v) is 2.17. The summed E-state index contributed by atoms with van der Waals surface area (Å²) in [6, 6.07) is 5.75. The number of nitro benzene ring substituents is 3. The molecule has 0 atom stereocenters. The van der Waals surface area contributed by atoms with E-state index in [1.807, 2.05) is 0 Å². The zero-order chi connectivity index (χ0) is 16.7. The minimum atomic E-state index is -0.831. The van der Waals surface area contributed by atoms with Gasteiger partial charge in [0.25, 0.3) is 11.4 Å². The summed E-state index contributed by atoms with van der Waals surface area (Å²) in [5, 5.41) is 35.6. The molecule has 0 radical (unpaired) electrons. The summed E-state index contributed by atoms with van der Waals surface area (Å²) in [7, 11) is 0. The van der Waals surface area contributed by atoms with E-state index in [1.54, 1.807) is 0 Å². The summed E-state index contributed by atoms with van der Waals surface area (Å²) in [6.07, 6.45) is 0. The first-order chi connectivity index (χ1) is 10.9. The van der Waals surface area contributed by atoms with Gasteiger partial charge in [-0.1, -0.05) is 6.07 Å². The van der Waals surface area contributed by atoms with Crippen molar-refractivity contribution in [1.82, 2.24) is 0 Å². The van der Waals surface area contributed by atoms with Gasteiger partial charge in [-0.25, -0.2) is 0 Å². The number of anilines is 2. The highest BCUT2D eigenvalue weighted by Crippen LogP contribution is 2.50. The predicted octanol–water partition coefficient (Wildman–Crippen LogP) is 3.26. The molecule has 2 aromatic carbocycles. The standard InChI is InChI=1S/C12H6N4O7/c17-14(18)6-4-8(16(21)22)12-10(5-6)23-9-3-1-2-7(15(19)20)11(9)13-12/h1-5,13H. The molecule has 1 aliphatic rings. The summed E-state index contributed by atoms with van der Waals surface area (Å²) in [5.74, 6) is -0.111. The number of nitro groups is 3. The lowest BCUT2D eigenvalue weighted by Crippen LogP contribution is -2.08. The molecule has 11 heteroatoms. The third kappa shape index (κ3) is 2.25. The maximum atomic E-state index is 11.1. The van der Waals surface area contributed by atoms with Crippen molar-refractivity contribution in [3.8, 4) is 11.5 Å². The van der Waals surface area contributed by atoms with E-state index in [9.17, 15) is 30.3 Å². The van der Waals surface area contributed by atoms with Crippen LogP contribution in [0.1, 0.15) is 0 Å². The summed E-state index contributed by atoms with van der Waals surface area (Å²) >= 11 is 0. The Kier molecular flexibility index (Phi) is 3.03. The molecular formula is C12H6N4O7. The largest absolute Gasteiger partial charge is 0.452 e. The Hall–Kier alpha value is -3.76. The van der Waals surface area contributed by atoms with Crippen molar-refractivity contribution in [2.45, 2.75) is 0 Å². The van der Waals surface area contributed by atoms with Crippen LogP contribution in [0.15, 0.2) is 30.3 Å². The van der Waals surface area contributed by atoms with Gasteiger partial charge in [0.2, 0.25) is 0 Å². The van der Waals surface area contributed by atoms with Crippen LogP contribution in [0.5, 0.6) is 11.5 Å². The number of para-hydroxylation sites is 1. The van der Waals surface area contributed by atoms with E-state index in [2.05, 4.69) is 5.32 Å². The SMILES string of the molecule is O=[N+]([O-])c1cc2c(c([N+](=O)[O-])c1)Nc1c(cccc1[N+](=O)[O-])O2. The lowest BCUT2D eigenvalue weighted by molar-refractivity contribution is -0.393. The molecule has 1 heterocycles. The van der Waals surface area contributed by atoms with Crippen molar-refractivity contribution in [3.63, 3.8) is 0 Å². The molecule has 0 saturated heterocycles. The van der Waals surface area contributed by atoms with Gasteiger partial charge >= 0.3 is 5.69 Å². The van der Waals surface area contributed by atoms with Gasteiger partial charge in [0.15, 0.2) is 22.9 Å². The van der Waals surface area contributed by atoms with Crippen LogP contribution >= 0.6 is 0 Å². The molecule has 1 N–H and O–H groups in total. The predicted molar refractivity (Wildman–Crippen MR) is 76.2 cm³/mol. The average Bonchev–Trinajstić information content (AvgIpc) is 2.50. The van der Waals surface area contributed by atoms with Gasteiger partial charge < -0.3 is 10.1 Å². The van der Waals surface area contributed by atoms with Crippen LogP contribution in [0.25, 0.3) is 0 Å². The van der Waals surface area contributed by atoms with E-state index in [0.717, 1.165) is 12.1 Å². The summed E-state index contributed by atoms with van der Waals surface area (Å²) in [4.78, 5) is 30.7. The molecule has 0 saturated carbocycles. The number of nitrogens with zero attached hydrogens (tertiary/aromatic N) is 3. The van der Waals surface area contributed by atoms with Crippen LogP contribution in [-0.4, -0.2) is 14.8 Å². The lowest BCUT2D eigenvalue weighted by Gasteiger charge is -2.20. The van der Waals surface area contributed by atoms with Crippen LogP contribution in [0.2, 0.25) is 0 Å². The van der Waals surface area contributed by atoms with E-state index in [0.29, 0.717) is 0 Å². The second kappa shape index (κ2) is 4.91. The van der Waals surface area contributed by atoms with Crippen LogP contribution < -0.4 is 10.1 Å². The van der Waals surface area contributed by atoms with Crippen LogP contribution in [0.4, 0.5) is 28.4 Å². The van der Waals surface area contributed by atoms with Crippen molar-refractivity contribution in [1.29, 1.82) is 0 Å². The monoisotopic (exact) mass is 318 g/mol. The molecule has 116 valence electrons. The molecule has 0 unspecified atom stereocenters. The van der Waals surface area contributed by atoms with Gasteiger partial charge in [0.1, 0.15) is 0 Å². The Morgan fingerprint density at radius 1 is 0.826 bits per heavy atom. The number of benzene rings is 2. The summed E-state index contributed by atoms with van der Waals surface area (Å²) < 4.78 is 5.37. The van der Waals surface area contributed by atoms with E-state index in [-0.39, 0.29) is 28.6 Å². The van der Waals surface area contributed by atoms with Gasteiger partial charge in [0.05, 0.1) is 26.9 Å². The number of ether oxygens (including phenoxy) is 1. The number of non-ortho nitro benzene ring substituents is 1. The molecule has 2 aromatic rings. The molecular weight excluding hydrogens is 312 g/mol. The normalized spacial score (nSPS) is 11.5. The molecule has 0 aromatic heterocycles. The molecule has 0 fully saturated rings. The average molecular weight is 318 g/mol. The van der Waals surface area contributed by atoms with Crippen molar-refractivity contribution >= 4 is 28.4 Å². The second-order valence-corrected chi connectivity index (χ2v) is 4.49. The number of hydrogen-bond acceptors (Lipinski definition) is 8. The molecule has 3 rings (SSSR count). The molecule has 1 aliphatic heterocycles. The molecule has 23 heavy (non-hydrogen) atoms. The second-order valence-electron chi connectivity index (χ2n) is 4.49. The van der Waals surface area contributed by atoms with Gasteiger partial charge in [-0.15, -0.1) is 0 Å². The zero-order valence-corrected chi connectivity index (χ0v) is 11.1. The van der Waals surface area contributed by atoms with E-state index < -0.39 is 26.1 Å². The topological polar surface area (TPSA) is 151 Å². The number of hydrogen-bond donors (Lipinski definition) is 1. The Morgan fingerprint density at radius 3 is 2.09 bits per heavy atom. The van der Waals surface area contributed by atoms with Crippen LogP contribution in [0, 0.1) is 30.3 Å². The zero-order valence-electron chi connectivity index (χ0n) is 11.1. The third-order valence-corrected chi connectivity index (χ3v) is 3.14. The highest BCUT2D eigenvalue weighted by Gasteiger charge is 2.32. The Morgan fingerprint density at radius 2 is 1.48 bits per heavy atom. The molecule has 0 amide bonds. The number of nitrogens with one attached hydrogen (secondary N) is 1. The van der Waals surface area contributed by atoms with Crippen molar-refractivity contribution < 1.29 is 19.5 Å². The van der Waals surface area contributed by atoms with Gasteiger partial charge in [-0.2, -0.15) is 0 Å². The molecule has 0 aliphatic carbocycles. The summed E-state index contributed by atoms with van der Waals surface area (Å²) in [5.41, 5.74) is -1.70. The van der Waals surface area contributed by atoms with Crippen molar-refractivity contribution in [2.24, 2.45) is 0 Å². The minimum absolute atomic E-state index is 0.0431. The van der Waals surface area contributed by atoms with Gasteiger partial charge in [0, 0.05) is 6.07 Å². The highest BCUT2D eigenvalue weighted by molar-refractivity contribution is 5.87. The van der Waals surface area contributed by atoms with Crippen LogP contribution in [0.3, 0.4) is 0 Å². The fraction of sp³-hybridized carbons (Fsp3) is 0. The summed E-state index contributed by atoms with van der Waals surface area (Å²) in [6.45, 7) is 0. The quantitative estimate of drug-likeness (QED) is 0.570. The Balaban J connectivity index is 2.21. The maximum absolute atomic E-state index is 11.1. The van der Waals surface area contributed by atoms with Gasteiger partial charge in [-0.3, -0.25) is 30.3 Å². The molecule has 0 bridgehead atoms. The van der Waals surface area contributed by atoms with Crippen molar-refractivity contribution in [2.75, 3.05) is 5.32 Å². The Labute approximate surface area is 126 Å².